The molecule has 200 valence electrons. The van der Waals surface area contributed by atoms with Crippen molar-refractivity contribution in [3.8, 4) is 6.01 Å². The lowest BCUT2D eigenvalue weighted by Gasteiger charge is -2.31. The molecule has 5 rings (SSSR count). The minimum atomic E-state index is -0.607. The number of nitrogens with zero attached hydrogens (tertiary/aromatic N) is 4. The molecule has 0 aromatic carbocycles. The van der Waals surface area contributed by atoms with Crippen molar-refractivity contribution in [3.63, 3.8) is 0 Å². The highest BCUT2D eigenvalue weighted by atomic mass is 35.5. The second-order valence-corrected chi connectivity index (χ2v) is 10.9. The Morgan fingerprint density at radius 2 is 1.94 bits per heavy atom. The number of fused-ring (bicyclic) bond motifs is 1. The zero-order valence-corrected chi connectivity index (χ0v) is 23.4. The summed E-state index contributed by atoms with van der Waals surface area (Å²) < 4.78 is 21.3. The van der Waals surface area contributed by atoms with E-state index < -0.39 is 5.82 Å². The Kier molecular flexibility index (Phi) is 9.52. The lowest BCUT2D eigenvalue weighted by Crippen LogP contribution is -2.43. The largest absolute Gasteiger partial charge is 0.461 e. The van der Waals surface area contributed by atoms with E-state index in [0.717, 1.165) is 70.4 Å². The van der Waals surface area contributed by atoms with E-state index in [-0.39, 0.29) is 28.3 Å². The van der Waals surface area contributed by atoms with E-state index in [9.17, 15) is 0 Å². The van der Waals surface area contributed by atoms with Gasteiger partial charge in [-0.3, -0.25) is 4.90 Å². The maximum absolute atomic E-state index is 15.1. The maximum Gasteiger partial charge on any atom is 0.319 e. The van der Waals surface area contributed by atoms with Crippen LogP contribution in [0.4, 0.5) is 10.2 Å². The summed E-state index contributed by atoms with van der Waals surface area (Å²) in [5, 5.41) is 7.61. The number of rotatable bonds is 8. The van der Waals surface area contributed by atoms with Crippen molar-refractivity contribution in [2.45, 2.75) is 76.8 Å². The molecule has 3 aliphatic heterocycles. The first kappa shape index (κ1) is 27.6. The van der Waals surface area contributed by atoms with Gasteiger partial charge in [-0.05, 0) is 83.2 Å². The second kappa shape index (κ2) is 12.4. The number of aryl methyl sites for hydroxylation is 1. The molecule has 7 nitrogen and oxygen atoms in total. The molecule has 36 heavy (non-hydrogen) atoms. The number of thiol groups is 1. The Bertz CT molecular complexity index is 1030. The van der Waals surface area contributed by atoms with Crippen LogP contribution >= 0.6 is 24.2 Å². The number of anilines is 1. The third kappa shape index (κ3) is 6.00. The highest BCUT2D eigenvalue weighted by Crippen LogP contribution is 2.39. The number of hydrogen-bond acceptors (Lipinski definition) is 8. The molecule has 3 aliphatic rings. The van der Waals surface area contributed by atoms with Gasteiger partial charge in [0.25, 0.3) is 0 Å². The Morgan fingerprint density at radius 3 is 2.67 bits per heavy atom. The first-order valence-corrected chi connectivity index (χ1v) is 14.6. The summed E-state index contributed by atoms with van der Waals surface area (Å²) in [6.07, 6.45) is 10.1. The van der Waals surface area contributed by atoms with Crippen molar-refractivity contribution in [3.05, 3.63) is 16.7 Å². The topological polar surface area (TPSA) is 75.2 Å². The van der Waals surface area contributed by atoms with Crippen molar-refractivity contribution in [2.24, 2.45) is 5.92 Å². The van der Waals surface area contributed by atoms with E-state index in [1.54, 1.807) is 6.26 Å². The van der Waals surface area contributed by atoms with E-state index in [0.29, 0.717) is 23.7 Å². The van der Waals surface area contributed by atoms with Crippen LogP contribution in [0.1, 0.15) is 64.5 Å². The Balaban J connectivity index is 0.00000148. The minimum Gasteiger partial charge on any atom is -0.461 e. The predicted molar refractivity (Wildman–Crippen MR) is 148 cm³/mol. The normalized spacial score (nSPS) is 20.9. The molecule has 0 radical (unpaired) electrons. The summed E-state index contributed by atoms with van der Waals surface area (Å²) in [5.74, 6) is 0.657. The summed E-state index contributed by atoms with van der Waals surface area (Å²) in [6, 6.07) is 0.395. The maximum atomic E-state index is 15.1. The van der Waals surface area contributed by atoms with E-state index in [4.69, 9.17) is 21.3 Å². The molecular formula is C26H40ClFN6OS. The quantitative estimate of drug-likeness (QED) is 0.244. The molecule has 2 aromatic rings. The summed E-state index contributed by atoms with van der Waals surface area (Å²) in [5.41, 5.74) is 1.01. The number of pyridine rings is 1. The Hall–Kier alpha value is -1.42. The number of nitrogens with one attached hydrogen (secondary N) is 2. The van der Waals surface area contributed by atoms with Crippen molar-refractivity contribution >= 4 is 41.0 Å². The second-order valence-electron chi connectivity index (χ2n) is 10.6. The Labute approximate surface area is 224 Å². The fraction of sp³-hybridized carbons (Fsp3) is 0.731. The molecule has 1 atom stereocenters. The fourth-order valence-electron chi connectivity index (χ4n) is 5.80. The van der Waals surface area contributed by atoms with Crippen LogP contribution in [-0.2, 0) is 6.42 Å². The van der Waals surface area contributed by atoms with Gasteiger partial charge in [0.1, 0.15) is 17.9 Å². The average molecular weight is 539 g/mol. The van der Waals surface area contributed by atoms with Crippen LogP contribution < -0.4 is 15.4 Å². The van der Waals surface area contributed by atoms with Gasteiger partial charge >= 0.3 is 6.01 Å². The van der Waals surface area contributed by atoms with Crippen molar-refractivity contribution in [2.75, 3.05) is 44.4 Å². The molecule has 0 aliphatic carbocycles. The van der Waals surface area contributed by atoms with E-state index in [1.165, 1.54) is 12.8 Å². The molecule has 0 amide bonds. The van der Waals surface area contributed by atoms with Gasteiger partial charge in [-0.2, -0.15) is 22.6 Å². The summed E-state index contributed by atoms with van der Waals surface area (Å²) >= 11 is 9.69. The van der Waals surface area contributed by atoms with E-state index in [1.807, 2.05) is 0 Å². The van der Waals surface area contributed by atoms with Crippen LogP contribution in [0.3, 0.4) is 0 Å². The molecule has 0 bridgehead atoms. The van der Waals surface area contributed by atoms with Gasteiger partial charge in [-0.15, -0.1) is 0 Å². The zero-order chi connectivity index (χ0) is 25.7. The van der Waals surface area contributed by atoms with E-state index in [2.05, 4.69) is 52.0 Å². The standard InChI is InChI=1S/C25H36ClFN6O.CH4S/c1-16(2)8-11-28-14-17-6-3-7-18-19-21(20(27)22(26)30-18)31-24(32-23(19)29-17)34-15-25-9-4-12-33(25)13-5-10-25;1-2/h16-17,28H,3-15H2,1-2H3,(H,29,31,32);2H,1H3. The summed E-state index contributed by atoms with van der Waals surface area (Å²) in [7, 11) is 0. The third-order valence-corrected chi connectivity index (χ3v) is 7.93. The molecule has 5 heterocycles. The van der Waals surface area contributed by atoms with Crippen LogP contribution in [0, 0.1) is 11.7 Å². The monoisotopic (exact) mass is 538 g/mol. The summed E-state index contributed by atoms with van der Waals surface area (Å²) in [6.45, 7) is 9.04. The van der Waals surface area contributed by atoms with Gasteiger partial charge in [-0.25, -0.2) is 9.37 Å². The molecule has 1 unspecified atom stereocenters. The first-order chi connectivity index (χ1) is 17.4. The van der Waals surface area contributed by atoms with Gasteiger partial charge in [-0.1, -0.05) is 25.4 Å². The SMILES string of the molecule is CC(C)CCNCC1CCCc2nc(Cl)c(F)c3nc(OCC45CCCN4CCC5)nc(c23)N1.CS. The van der Waals surface area contributed by atoms with E-state index >= 15 is 4.39 Å². The zero-order valence-electron chi connectivity index (χ0n) is 21.7. The lowest BCUT2D eigenvalue weighted by atomic mass is 9.95. The number of ether oxygens (including phenoxy) is 1. The molecule has 2 saturated heterocycles. The third-order valence-electron chi connectivity index (χ3n) is 7.68. The minimum absolute atomic E-state index is 0.0693. The van der Waals surface area contributed by atoms with Gasteiger partial charge < -0.3 is 15.4 Å². The van der Waals surface area contributed by atoms with Crippen molar-refractivity contribution in [1.82, 2.24) is 25.2 Å². The first-order valence-electron chi connectivity index (χ1n) is 13.3. The van der Waals surface area contributed by atoms with Crippen molar-refractivity contribution < 1.29 is 9.13 Å². The molecule has 10 heteroatoms. The number of aromatic nitrogens is 3. The fourth-order valence-corrected chi connectivity index (χ4v) is 6.00. The van der Waals surface area contributed by atoms with Crippen molar-refractivity contribution in [1.29, 1.82) is 0 Å². The summed E-state index contributed by atoms with van der Waals surface area (Å²) in [4.78, 5) is 16.1. The molecule has 2 aromatic heterocycles. The van der Waals surface area contributed by atoms with Gasteiger partial charge in [0, 0.05) is 12.6 Å². The van der Waals surface area contributed by atoms with Gasteiger partial charge in [0.05, 0.1) is 16.6 Å². The highest BCUT2D eigenvalue weighted by molar-refractivity contribution is 7.79. The predicted octanol–water partition coefficient (Wildman–Crippen LogP) is 5.12. The Morgan fingerprint density at radius 1 is 1.19 bits per heavy atom. The lowest BCUT2D eigenvalue weighted by molar-refractivity contribution is 0.108. The van der Waals surface area contributed by atoms with Crippen LogP contribution in [-0.4, -0.2) is 70.5 Å². The van der Waals surface area contributed by atoms with Crippen LogP contribution in [0.5, 0.6) is 6.01 Å². The molecule has 2 fully saturated rings. The van der Waals surface area contributed by atoms with Gasteiger partial charge in [0.15, 0.2) is 11.0 Å². The van der Waals surface area contributed by atoms with Crippen LogP contribution in [0.15, 0.2) is 0 Å². The molecule has 0 saturated carbocycles. The average Bonchev–Trinajstić information content (AvgIpc) is 3.43. The smallest absolute Gasteiger partial charge is 0.319 e. The molecular weight excluding hydrogens is 499 g/mol. The molecule has 2 N–H and O–H groups in total. The van der Waals surface area contributed by atoms with Crippen LogP contribution in [0.25, 0.3) is 10.9 Å². The van der Waals surface area contributed by atoms with Crippen LogP contribution in [0.2, 0.25) is 5.15 Å². The molecule has 0 spiro atoms. The number of halogens is 2. The number of hydrogen-bond donors (Lipinski definition) is 3. The highest BCUT2D eigenvalue weighted by Gasteiger charge is 2.45. The van der Waals surface area contributed by atoms with Gasteiger partial charge in [0.2, 0.25) is 0 Å².